The lowest BCUT2D eigenvalue weighted by Crippen LogP contribution is -2.02. The van der Waals surface area contributed by atoms with Crippen molar-refractivity contribution in [2.24, 2.45) is 5.92 Å². The molecule has 0 atom stereocenters. The van der Waals surface area contributed by atoms with Gasteiger partial charge in [0.15, 0.2) is 6.29 Å². The Morgan fingerprint density at radius 2 is 1.21 bits per heavy atom. The molecular formula is C39H48O3. The van der Waals surface area contributed by atoms with Crippen LogP contribution in [0.15, 0.2) is 66.7 Å². The second-order valence-electron chi connectivity index (χ2n) is 11.6. The Labute approximate surface area is 253 Å². The Morgan fingerprint density at radius 3 is 1.62 bits per heavy atom. The number of carbonyl (C=O) groups excluding carboxylic acids is 1. The fraction of sp³-hybridized carbons (Fsp3) is 0.333. The van der Waals surface area contributed by atoms with Crippen LogP contribution >= 0.6 is 0 Å². The molecule has 1 N–H and O–H groups in total. The Kier molecular flexibility index (Phi) is 12.9. The van der Waals surface area contributed by atoms with Crippen molar-refractivity contribution < 1.29 is 14.7 Å². The molecule has 0 radical (unpaired) electrons. The standard InChI is InChI=1S/C18H20O.C16H16O2.C5H12/c1-5-15-6-7-17(18(11-19)14(15)4)16-9-12(2)8-13(3)10-16;1-10-7-11(2)9-13(8-10)14-6-4-5-12(3)15(14)16(17)18;1-4-5(2)3/h6-11H,5H2,1-4H3;4-9H,1-3H3,(H,17,18);5H,4H2,1-3H3. The number of rotatable bonds is 6. The van der Waals surface area contributed by atoms with Crippen LogP contribution in [0, 0.1) is 47.5 Å². The third kappa shape index (κ3) is 9.27. The number of carboxylic acids is 1. The molecule has 42 heavy (non-hydrogen) atoms. The molecule has 0 heterocycles. The molecule has 0 aliphatic rings. The van der Waals surface area contributed by atoms with E-state index in [2.05, 4.69) is 77.9 Å². The van der Waals surface area contributed by atoms with E-state index in [0.29, 0.717) is 5.56 Å². The molecule has 0 saturated heterocycles. The van der Waals surface area contributed by atoms with Gasteiger partial charge in [0.05, 0.1) is 5.56 Å². The summed E-state index contributed by atoms with van der Waals surface area (Å²) >= 11 is 0. The molecule has 0 bridgehead atoms. The van der Waals surface area contributed by atoms with E-state index >= 15 is 0 Å². The summed E-state index contributed by atoms with van der Waals surface area (Å²) in [6, 6.07) is 22.4. The summed E-state index contributed by atoms with van der Waals surface area (Å²) in [5.74, 6) is 0.0114. The Hall–Kier alpha value is -3.98. The summed E-state index contributed by atoms with van der Waals surface area (Å²) < 4.78 is 0. The van der Waals surface area contributed by atoms with Crippen molar-refractivity contribution in [1.29, 1.82) is 0 Å². The van der Waals surface area contributed by atoms with Gasteiger partial charge in [0, 0.05) is 5.56 Å². The maximum absolute atomic E-state index is 11.5. The van der Waals surface area contributed by atoms with Gasteiger partial charge in [-0.1, -0.05) is 123 Å². The normalized spacial score (nSPS) is 10.4. The lowest BCUT2D eigenvalue weighted by atomic mass is 9.91. The molecule has 0 aliphatic heterocycles. The van der Waals surface area contributed by atoms with E-state index in [1.807, 2.05) is 58.0 Å². The number of hydrogen-bond acceptors (Lipinski definition) is 2. The minimum absolute atomic E-state index is 0.391. The van der Waals surface area contributed by atoms with Crippen LogP contribution in [0.4, 0.5) is 0 Å². The van der Waals surface area contributed by atoms with Crippen LogP contribution in [0.5, 0.6) is 0 Å². The van der Waals surface area contributed by atoms with Crippen LogP contribution in [0.2, 0.25) is 0 Å². The summed E-state index contributed by atoms with van der Waals surface area (Å²) in [4.78, 5) is 22.8. The number of carbonyl (C=O) groups is 2. The highest BCUT2D eigenvalue weighted by Crippen LogP contribution is 2.30. The van der Waals surface area contributed by atoms with Crippen LogP contribution in [0.25, 0.3) is 22.3 Å². The molecule has 4 aromatic rings. The average molecular weight is 565 g/mol. The summed E-state index contributed by atoms with van der Waals surface area (Å²) in [6.45, 7) is 20.8. The van der Waals surface area contributed by atoms with Crippen molar-refractivity contribution >= 4 is 12.3 Å². The zero-order valence-corrected chi connectivity index (χ0v) is 27.2. The van der Waals surface area contributed by atoms with Crippen molar-refractivity contribution in [3.8, 4) is 22.3 Å². The maximum atomic E-state index is 11.5. The van der Waals surface area contributed by atoms with Crippen LogP contribution in [-0.4, -0.2) is 17.4 Å². The second kappa shape index (κ2) is 15.9. The summed E-state index contributed by atoms with van der Waals surface area (Å²) in [5, 5.41) is 9.35. The van der Waals surface area contributed by atoms with Gasteiger partial charge < -0.3 is 5.11 Å². The first kappa shape index (κ1) is 34.2. The average Bonchev–Trinajstić information content (AvgIpc) is 2.92. The lowest BCUT2D eigenvalue weighted by Gasteiger charge is -2.13. The summed E-state index contributed by atoms with van der Waals surface area (Å²) in [6.07, 6.45) is 3.25. The van der Waals surface area contributed by atoms with Gasteiger partial charge in [0.2, 0.25) is 0 Å². The number of carboxylic acid groups (broad SMARTS) is 1. The highest BCUT2D eigenvalue weighted by Gasteiger charge is 2.14. The molecule has 0 aliphatic carbocycles. The predicted molar refractivity (Wildman–Crippen MR) is 179 cm³/mol. The molecule has 0 saturated carbocycles. The SMILES string of the molecule is CCC(C)C.CCc1ccc(-c2cc(C)cc(C)c2)c(C=O)c1C.Cc1cc(C)cc(-c2cccc(C)c2C(=O)O)c1. The zero-order chi connectivity index (χ0) is 31.6. The first-order chi connectivity index (χ1) is 19.8. The number of aldehydes is 1. The van der Waals surface area contributed by atoms with E-state index in [1.165, 1.54) is 23.1 Å². The van der Waals surface area contributed by atoms with Crippen molar-refractivity contribution in [3.05, 3.63) is 117 Å². The predicted octanol–water partition coefficient (Wildman–Crippen LogP) is 10.7. The van der Waals surface area contributed by atoms with Gasteiger partial charge in [-0.25, -0.2) is 4.79 Å². The molecule has 222 valence electrons. The molecular weight excluding hydrogens is 516 g/mol. The second-order valence-corrected chi connectivity index (χ2v) is 11.6. The van der Waals surface area contributed by atoms with E-state index in [4.69, 9.17) is 0 Å². The highest BCUT2D eigenvalue weighted by atomic mass is 16.4. The van der Waals surface area contributed by atoms with Crippen molar-refractivity contribution in [2.45, 2.75) is 82.1 Å². The molecule has 0 spiro atoms. The maximum Gasteiger partial charge on any atom is 0.336 e. The number of hydrogen-bond donors (Lipinski definition) is 1. The molecule has 0 fully saturated rings. The monoisotopic (exact) mass is 564 g/mol. The van der Waals surface area contributed by atoms with Gasteiger partial charge in [-0.15, -0.1) is 0 Å². The van der Waals surface area contributed by atoms with Gasteiger partial charge in [0.1, 0.15) is 0 Å². The van der Waals surface area contributed by atoms with Crippen LogP contribution < -0.4 is 0 Å². The molecule has 4 aromatic carbocycles. The van der Waals surface area contributed by atoms with E-state index < -0.39 is 5.97 Å². The number of benzene rings is 4. The van der Waals surface area contributed by atoms with Crippen molar-refractivity contribution in [1.82, 2.24) is 0 Å². The Bertz CT molecular complexity index is 1480. The smallest absolute Gasteiger partial charge is 0.336 e. The molecule has 3 nitrogen and oxygen atoms in total. The van der Waals surface area contributed by atoms with Crippen LogP contribution in [0.3, 0.4) is 0 Å². The van der Waals surface area contributed by atoms with E-state index in [9.17, 15) is 14.7 Å². The largest absolute Gasteiger partial charge is 0.478 e. The fourth-order valence-electron chi connectivity index (χ4n) is 5.01. The van der Waals surface area contributed by atoms with E-state index in [1.54, 1.807) is 0 Å². The molecule has 0 unspecified atom stereocenters. The van der Waals surface area contributed by atoms with Gasteiger partial charge in [-0.3, -0.25) is 4.79 Å². The minimum atomic E-state index is -0.873. The van der Waals surface area contributed by atoms with Gasteiger partial charge in [-0.05, 0) is 92.8 Å². The summed E-state index contributed by atoms with van der Waals surface area (Å²) in [5.41, 5.74) is 13.0. The van der Waals surface area contributed by atoms with Crippen molar-refractivity contribution in [3.63, 3.8) is 0 Å². The van der Waals surface area contributed by atoms with E-state index in [0.717, 1.165) is 68.7 Å². The molecule has 3 heteroatoms. The molecule has 4 rings (SSSR count). The fourth-order valence-corrected chi connectivity index (χ4v) is 5.01. The van der Waals surface area contributed by atoms with Crippen LogP contribution in [-0.2, 0) is 6.42 Å². The van der Waals surface area contributed by atoms with E-state index in [-0.39, 0.29) is 0 Å². The first-order valence-electron chi connectivity index (χ1n) is 14.9. The minimum Gasteiger partial charge on any atom is -0.478 e. The summed E-state index contributed by atoms with van der Waals surface area (Å²) in [7, 11) is 0. The quantitative estimate of drug-likeness (QED) is 0.237. The number of aryl methyl sites for hydroxylation is 6. The van der Waals surface area contributed by atoms with Gasteiger partial charge in [0.25, 0.3) is 0 Å². The van der Waals surface area contributed by atoms with Gasteiger partial charge >= 0.3 is 5.97 Å². The Morgan fingerprint density at radius 1 is 0.738 bits per heavy atom. The zero-order valence-electron chi connectivity index (χ0n) is 27.2. The highest BCUT2D eigenvalue weighted by molar-refractivity contribution is 5.97. The van der Waals surface area contributed by atoms with Crippen molar-refractivity contribution in [2.75, 3.05) is 0 Å². The first-order valence-corrected chi connectivity index (χ1v) is 14.9. The third-order valence-electron chi connectivity index (χ3n) is 7.49. The van der Waals surface area contributed by atoms with Crippen LogP contribution in [0.1, 0.15) is 93.8 Å². The van der Waals surface area contributed by atoms with Gasteiger partial charge in [-0.2, -0.15) is 0 Å². The Balaban J connectivity index is 0.000000254. The number of aromatic carboxylic acids is 1. The molecule has 0 aromatic heterocycles. The topological polar surface area (TPSA) is 54.4 Å². The molecule has 0 amide bonds. The third-order valence-corrected chi connectivity index (χ3v) is 7.49. The lowest BCUT2D eigenvalue weighted by molar-refractivity contribution is 0.0696.